The number of hydrogen-bond donors (Lipinski definition) is 1. The summed E-state index contributed by atoms with van der Waals surface area (Å²) in [4.78, 5) is 7.22. The Morgan fingerprint density at radius 1 is 1.19 bits per heavy atom. The van der Waals surface area contributed by atoms with Crippen molar-refractivity contribution in [2.24, 2.45) is 5.92 Å². The molecule has 0 aliphatic carbocycles. The lowest BCUT2D eigenvalue weighted by atomic mass is 10.0. The first-order chi connectivity index (χ1) is 13.0. The van der Waals surface area contributed by atoms with Gasteiger partial charge in [-0.15, -0.1) is 0 Å². The third kappa shape index (κ3) is 8.18. The first-order valence-corrected chi connectivity index (χ1v) is 10.4. The summed E-state index contributed by atoms with van der Waals surface area (Å²) in [5.74, 6) is 1.67. The molecule has 0 aromatic heterocycles. The van der Waals surface area contributed by atoms with Crippen molar-refractivity contribution < 1.29 is 9.84 Å². The molecule has 0 amide bonds. The number of piperazine rings is 1. The van der Waals surface area contributed by atoms with Crippen molar-refractivity contribution in [3.63, 3.8) is 0 Å². The van der Waals surface area contributed by atoms with Crippen molar-refractivity contribution in [1.82, 2.24) is 14.7 Å². The molecular formula is C22H39N3O2. The van der Waals surface area contributed by atoms with Crippen molar-refractivity contribution in [2.45, 2.75) is 39.3 Å². The summed E-state index contributed by atoms with van der Waals surface area (Å²) in [7, 11) is 4.11. The van der Waals surface area contributed by atoms with Crippen LogP contribution >= 0.6 is 0 Å². The van der Waals surface area contributed by atoms with Crippen LogP contribution in [0.3, 0.4) is 0 Å². The van der Waals surface area contributed by atoms with Crippen LogP contribution in [0.25, 0.3) is 0 Å². The third-order valence-corrected chi connectivity index (χ3v) is 5.28. The molecule has 2 rings (SSSR count). The maximum Gasteiger partial charge on any atom is 0.119 e. The van der Waals surface area contributed by atoms with E-state index in [4.69, 9.17) is 4.74 Å². The zero-order chi connectivity index (χ0) is 19.6. The summed E-state index contributed by atoms with van der Waals surface area (Å²) >= 11 is 0. The van der Waals surface area contributed by atoms with E-state index in [0.717, 1.165) is 57.4 Å². The van der Waals surface area contributed by atoms with Crippen LogP contribution in [0.2, 0.25) is 0 Å². The number of rotatable bonds is 11. The second kappa shape index (κ2) is 11.6. The van der Waals surface area contributed by atoms with Gasteiger partial charge in [-0.3, -0.25) is 9.80 Å². The second-order valence-corrected chi connectivity index (χ2v) is 8.42. The Balaban J connectivity index is 1.82. The molecule has 1 aromatic rings. The number of nitrogens with zero attached hydrogens (tertiary/aromatic N) is 3. The number of ether oxygens (including phenoxy) is 1. The van der Waals surface area contributed by atoms with Crippen LogP contribution in [0.1, 0.15) is 32.3 Å². The Hall–Kier alpha value is -1.14. The van der Waals surface area contributed by atoms with Crippen LogP contribution in [0.5, 0.6) is 5.75 Å². The predicted molar refractivity (Wildman–Crippen MR) is 112 cm³/mol. The van der Waals surface area contributed by atoms with Crippen molar-refractivity contribution >= 4 is 0 Å². The molecule has 1 aliphatic rings. The Labute approximate surface area is 165 Å². The molecule has 0 radical (unpaired) electrons. The van der Waals surface area contributed by atoms with Gasteiger partial charge in [0, 0.05) is 45.4 Å². The predicted octanol–water partition coefficient (Wildman–Crippen LogP) is 2.54. The van der Waals surface area contributed by atoms with Crippen LogP contribution in [0.15, 0.2) is 24.3 Å². The van der Waals surface area contributed by atoms with Crippen LogP contribution in [-0.2, 0) is 6.54 Å². The fourth-order valence-corrected chi connectivity index (χ4v) is 3.54. The Morgan fingerprint density at radius 2 is 1.93 bits per heavy atom. The van der Waals surface area contributed by atoms with E-state index in [1.807, 2.05) is 0 Å². The first-order valence-electron chi connectivity index (χ1n) is 10.4. The van der Waals surface area contributed by atoms with Crippen molar-refractivity contribution in [2.75, 3.05) is 60.0 Å². The molecule has 0 spiro atoms. The van der Waals surface area contributed by atoms with E-state index < -0.39 is 0 Å². The zero-order valence-corrected chi connectivity index (χ0v) is 17.7. The van der Waals surface area contributed by atoms with E-state index in [2.05, 4.69) is 66.9 Å². The molecular weight excluding hydrogens is 338 g/mol. The molecule has 1 atom stereocenters. The summed E-state index contributed by atoms with van der Waals surface area (Å²) in [6, 6.07) is 8.98. The smallest absolute Gasteiger partial charge is 0.119 e. The highest BCUT2D eigenvalue weighted by molar-refractivity contribution is 5.27. The van der Waals surface area contributed by atoms with E-state index in [1.54, 1.807) is 0 Å². The summed E-state index contributed by atoms with van der Waals surface area (Å²) in [6.45, 7) is 11.8. The maximum absolute atomic E-state index is 9.46. The minimum absolute atomic E-state index is 0.273. The molecule has 1 aliphatic heterocycles. The summed E-state index contributed by atoms with van der Waals surface area (Å²) < 4.78 is 5.78. The van der Waals surface area contributed by atoms with Gasteiger partial charge in [0.05, 0.1) is 0 Å². The highest BCUT2D eigenvalue weighted by atomic mass is 16.5. The molecule has 27 heavy (non-hydrogen) atoms. The first kappa shape index (κ1) is 22.2. The topological polar surface area (TPSA) is 39.2 Å². The number of hydrogen-bond acceptors (Lipinski definition) is 5. The van der Waals surface area contributed by atoms with Gasteiger partial charge in [0.25, 0.3) is 0 Å². The Morgan fingerprint density at radius 3 is 2.56 bits per heavy atom. The van der Waals surface area contributed by atoms with E-state index >= 15 is 0 Å². The Kier molecular flexibility index (Phi) is 9.56. The van der Waals surface area contributed by atoms with Gasteiger partial charge >= 0.3 is 0 Å². The lowest BCUT2D eigenvalue weighted by molar-refractivity contribution is 0.0524. The second-order valence-electron chi connectivity index (χ2n) is 8.42. The van der Waals surface area contributed by atoms with Crippen molar-refractivity contribution in [3.8, 4) is 5.75 Å². The largest absolute Gasteiger partial charge is 0.492 e. The molecule has 1 aromatic carbocycles. The standard InChI is InChI=1S/C22H39N3O2/c1-19(2)9-11-25-13-12-24(18-21(25)10-15-26)17-20-5-7-22(8-6-20)27-16-14-23(3)4/h5-8,19,21,26H,9-18H2,1-4H3/t21-/m1/s1. The van der Waals surface area contributed by atoms with Gasteiger partial charge < -0.3 is 14.7 Å². The average Bonchev–Trinajstić information content (AvgIpc) is 2.62. The third-order valence-electron chi connectivity index (χ3n) is 5.28. The van der Waals surface area contributed by atoms with Crippen LogP contribution in [-0.4, -0.2) is 85.9 Å². The van der Waals surface area contributed by atoms with Gasteiger partial charge in [-0.25, -0.2) is 0 Å². The molecule has 1 heterocycles. The zero-order valence-electron chi connectivity index (χ0n) is 17.7. The van der Waals surface area contributed by atoms with Gasteiger partial charge in [-0.1, -0.05) is 26.0 Å². The lowest BCUT2D eigenvalue weighted by Gasteiger charge is -2.41. The molecule has 1 saturated heterocycles. The van der Waals surface area contributed by atoms with Gasteiger partial charge in [0.1, 0.15) is 12.4 Å². The van der Waals surface area contributed by atoms with Gasteiger partial charge in [-0.05, 0) is 57.1 Å². The molecule has 0 saturated carbocycles. The van der Waals surface area contributed by atoms with E-state index in [0.29, 0.717) is 12.6 Å². The monoisotopic (exact) mass is 377 g/mol. The average molecular weight is 378 g/mol. The summed E-state index contributed by atoms with van der Waals surface area (Å²) in [5, 5.41) is 9.46. The molecule has 0 unspecified atom stereocenters. The fraction of sp³-hybridized carbons (Fsp3) is 0.727. The summed E-state index contributed by atoms with van der Waals surface area (Å²) in [5.41, 5.74) is 1.33. The summed E-state index contributed by atoms with van der Waals surface area (Å²) in [6.07, 6.45) is 2.10. The van der Waals surface area contributed by atoms with E-state index in [-0.39, 0.29) is 6.61 Å². The number of likely N-dealkylation sites (N-methyl/N-ethyl adjacent to an activating group) is 1. The van der Waals surface area contributed by atoms with Gasteiger partial charge in [0.2, 0.25) is 0 Å². The van der Waals surface area contributed by atoms with Crippen LogP contribution in [0, 0.1) is 5.92 Å². The van der Waals surface area contributed by atoms with Gasteiger partial charge in [-0.2, -0.15) is 0 Å². The Bertz CT molecular complexity index is 519. The molecule has 1 fully saturated rings. The number of aliphatic hydroxyl groups excluding tert-OH is 1. The molecule has 0 bridgehead atoms. The number of benzene rings is 1. The number of aliphatic hydroxyl groups is 1. The quantitative estimate of drug-likeness (QED) is 0.642. The van der Waals surface area contributed by atoms with Gasteiger partial charge in [0.15, 0.2) is 0 Å². The normalized spacial score (nSPS) is 19.1. The minimum atomic E-state index is 0.273. The maximum atomic E-state index is 9.46. The van der Waals surface area contributed by atoms with Crippen molar-refractivity contribution in [1.29, 1.82) is 0 Å². The highest BCUT2D eigenvalue weighted by Gasteiger charge is 2.26. The van der Waals surface area contributed by atoms with Crippen LogP contribution < -0.4 is 4.74 Å². The SMILES string of the molecule is CC(C)CCN1CCN(Cc2ccc(OCCN(C)C)cc2)C[C@H]1CCO. The molecule has 5 nitrogen and oxygen atoms in total. The minimum Gasteiger partial charge on any atom is -0.492 e. The van der Waals surface area contributed by atoms with Crippen LogP contribution in [0.4, 0.5) is 0 Å². The lowest BCUT2D eigenvalue weighted by Crippen LogP contribution is -2.53. The van der Waals surface area contributed by atoms with E-state index in [9.17, 15) is 5.11 Å². The van der Waals surface area contributed by atoms with E-state index in [1.165, 1.54) is 12.0 Å². The molecule has 5 heteroatoms. The fourth-order valence-electron chi connectivity index (χ4n) is 3.54. The highest BCUT2D eigenvalue weighted by Crippen LogP contribution is 2.19. The molecule has 1 N–H and O–H groups in total. The molecule has 154 valence electrons. The van der Waals surface area contributed by atoms with Crippen molar-refractivity contribution in [3.05, 3.63) is 29.8 Å².